The Morgan fingerprint density at radius 1 is 0.786 bits per heavy atom. The van der Waals surface area contributed by atoms with Gasteiger partial charge in [0, 0.05) is 36.3 Å². The Morgan fingerprint density at radius 3 is 1.89 bits per heavy atom. The van der Waals surface area contributed by atoms with Crippen LogP contribution in [0.2, 0.25) is 5.02 Å². The molecule has 4 rings (SSSR count). The zero-order chi connectivity index (χ0) is 41.7. The number of carbonyl (C=O) groups excluding carboxylic acids is 5. The molecule has 7 amide bonds. The minimum atomic E-state index is -4.49. The fourth-order valence-corrected chi connectivity index (χ4v) is 10.3. The van der Waals surface area contributed by atoms with E-state index in [1.54, 1.807) is 12.1 Å². The highest BCUT2D eigenvalue weighted by Gasteiger charge is 2.41. The van der Waals surface area contributed by atoms with Crippen molar-refractivity contribution in [2.24, 2.45) is 0 Å². The van der Waals surface area contributed by atoms with Crippen LogP contribution in [0, 0.1) is 0 Å². The van der Waals surface area contributed by atoms with Gasteiger partial charge in [-0.15, -0.1) is 0 Å². The average Bonchev–Trinajstić information content (AvgIpc) is 3.10. The molecular weight excluding hydrogens is 784 g/mol. The number of urea groups is 2. The summed E-state index contributed by atoms with van der Waals surface area (Å²) >= 11 is 6.59. The number of rotatable bonds is 13. The minimum absolute atomic E-state index is 0.00708. The Balaban J connectivity index is 1.56. The van der Waals surface area contributed by atoms with Gasteiger partial charge in [-0.1, -0.05) is 71.3 Å². The Hall–Kier alpha value is -4.22. The van der Waals surface area contributed by atoms with E-state index in [1.165, 1.54) is 0 Å². The summed E-state index contributed by atoms with van der Waals surface area (Å²) in [6, 6.07) is 6.98. The first-order valence-corrected chi connectivity index (χ1v) is 22.3. The molecule has 2 aromatic carbocycles. The fraction of sp³-hybridized carbons (Fsp3) is 0.553. The number of nitrogens with zero attached hydrogens (tertiary/aromatic N) is 1. The summed E-state index contributed by atoms with van der Waals surface area (Å²) in [5.74, 6) is -2.56. The van der Waals surface area contributed by atoms with Crippen molar-refractivity contribution in [2.75, 3.05) is 17.2 Å². The lowest BCUT2D eigenvalue weighted by Gasteiger charge is -2.32. The Morgan fingerprint density at radius 2 is 1.32 bits per heavy atom. The van der Waals surface area contributed by atoms with Gasteiger partial charge in [0.2, 0.25) is 27.7 Å². The van der Waals surface area contributed by atoms with E-state index in [4.69, 9.17) is 11.6 Å². The molecule has 56 heavy (non-hydrogen) atoms. The zero-order valence-electron chi connectivity index (χ0n) is 32.8. The molecule has 0 spiro atoms. The molecule has 2 aliphatic rings. The highest BCUT2D eigenvalue weighted by molar-refractivity contribution is 7.91. The molecule has 0 saturated carbocycles. The van der Waals surface area contributed by atoms with Gasteiger partial charge >= 0.3 is 12.1 Å². The predicted molar refractivity (Wildman–Crippen MR) is 215 cm³/mol. The van der Waals surface area contributed by atoms with Crippen LogP contribution >= 0.6 is 11.6 Å². The van der Waals surface area contributed by atoms with E-state index in [0.29, 0.717) is 58.2 Å². The summed E-state index contributed by atoms with van der Waals surface area (Å²) < 4.78 is 56.7. The number of imide groups is 1. The number of halogens is 1. The second-order valence-corrected chi connectivity index (χ2v) is 19.4. The first-order valence-electron chi connectivity index (χ1n) is 18.9. The molecular formula is C38H53ClN6O9S2. The van der Waals surface area contributed by atoms with Crippen molar-refractivity contribution in [1.29, 1.82) is 0 Å². The molecule has 2 heterocycles. The maximum absolute atomic E-state index is 13.4. The number of nitrogens with one attached hydrogen (secondary N) is 5. The molecule has 15 nitrogen and oxygen atoms in total. The van der Waals surface area contributed by atoms with Crippen molar-refractivity contribution in [2.45, 2.75) is 128 Å². The average molecular weight is 837 g/mol. The SMILES string of the molecule is CC(=O)N1C(=O)CCCC1S(=O)(=O)NC(=O)Nc1c(C(C)C)cc(Cl)cc1C(C)CCC(C)c1cccc(C(C)C)c1NC(=O)NS(=O)(=O)C1CCCNC1=O. The maximum atomic E-state index is 13.4. The van der Waals surface area contributed by atoms with E-state index in [2.05, 4.69) is 16.0 Å². The smallest absolute Gasteiger partial charge is 0.332 e. The van der Waals surface area contributed by atoms with Crippen LogP contribution in [0.1, 0.15) is 139 Å². The van der Waals surface area contributed by atoms with Crippen LogP contribution in [-0.4, -0.2) is 68.7 Å². The number of hydrogen-bond donors (Lipinski definition) is 5. The maximum Gasteiger partial charge on any atom is 0.332 e. The van der Waals surface area contributed by atoms with Gasteiger partial charge in [0.15, 0.2) is 10.6 Å². The zero-order valence-corrected chi connectivity index (χ0v) is 35.2. The van der Waals surface area contributed by atoms with E-state index in [-0.39, 0.29) is 49.4 Å². The minimum Gasteiger partial charge on any atom is -0.355 e. The Labute approximate surface area is 334 Å². The third-order valence-corrected chi connectivity index (χ3v) is 13.8. The van der Waals surface area contributed by atoms with Crippen molar-refractivity contribution in [3.8, 4) is 0 Å². The van der Waals surface area contributed by atoms with E-state index in [9.17, 15) is 40.8 Å². The van der Waals surface area contributed by atoms with Crippen LogP contribution in [0.15, 0.2) is 30.3 Å². The van der Waals surface area contributed by atoms with E-state index >= 15 is 0 Å². The lowest BCUT2D eigenvalue weighted by molar-refractivity contribution is -0.146. The van der Waals surface area contributed by atoms with Crippen LogP contribution in [0.25, 0.3) is 0 Å². The molecule has 2 fully saturated rings. The number of hydrogen-bond acceptors (Lipinski definition) is 9. The fourth-order valence-electron chi connectivity index (χ4n) is 7.30. The second-order valence-electron chi connectivity index (χ2n) is 15.2. The topological polar surface area (TPSA) is 217 Å². The molecule has 0 bridgehead atoms. The van der Waals surface area contributed by atoms with Gasteiger partial charge in [0.25, 0.3) is 10.0 Å². The molecule has 0 aromatic heterocycles. The molecule has 2 aromatic rings. The second kappa shape index (κ2) is 18.4. The van der Waals surface area contributed by atoms with Crippen LogP contribution in [0.4, 0.5) is 21.0 Å². The summed E-state index contributed by atoms with van der Waals surface area (Å²) in [6.45, 7) is 13.1. The Kier molecular flexibility index (Phi) is 14.6. The summed E-state index contributed by atoms with van der Waals surface area (Å²) in [5, 5.41) is 5.54. The molecule has 308 valence electrons. The number of para-hydroxylation sites is 1. The number of benzene rings is 2. The quantitative estimate of drug-likeness (QED) is 0.152. The highest BCUT2D eigenvalue weighted by Crippen LogP contribution is 2.40. The third-order valence-electron chi connectivity index (χ3n) is 10.3. The van der Waals surface area contributed by atoms with Crippen molar-refractivity contribution >= 4 is 72.8 Å². The molecule has 4 atom stereocenters. The first kappa shape index (κ1) is 44.5. The first-order chi connectivity index (χ1) is 26.1. The molecule has 0 aliphatic carbocycles. The molecule has 5 N–H and O–H groups in total. The van der Waals surface area contributed by atoms with E-state index in [0.717, 1.165) is 18.1 Å². The number of piperidine rings is 2. The normalized spacial score (nSPS) is 18.9. The van der Waals surface area contributed by atoms with Crippen LogP contribution < -0.4 is 25.4 Å². The molecule has 4 unspecified atom stereocenters. The van der Waals surface area contributed by atoms with Crippen molar-refractivity contribution in [1.82, 2.24) is 19.7 Å². The number of carbonyl (C=O) groups is 5. The van der Waals surface area contributed by atoms with E-state index in [1.807, 2.05) is 69.2 Å². The predicted octanol–water partition coefficient (Wildman–Crippen LogP) is 6.34. The van der Waals surface area contributed by atoms with E-state index < -0.39 is 60.5 Å². The number of sulfonamides is 2. The third kappa shape index (κ3) is 10.6. The molecule has 0 radical (unpaired) electrons. The van der Waals surface area contributed by atoms with Gasteiger partial charge in [0.05, 0.1) is 0 Å². The van der Waals surface area contributed by atoms with Gasteiger partial charge in [-0.05, 0) is 96.6 Å². The molecule has 2 saturated heterocycles. The van der Waals surface area contributed by atoms with Crippen LogP contribution in [0.3, 0.4) is 0 Å². The number of likely N-dealkylation sites (tertiary alicyclic amines) is 1. The lowest BCUT2D eigenvalue weighted by atomic mass is 9.85. The van der Waals surface area contributed by atoms with Gasteiger partial charge in [-0.2, -0.15) is 0 Å². The van der Waals surface area contributed by atoms with Gasteiger partial charge in [-0.3, -0.25) is 19.3 Å². The number of anilines is 2. The van der Waals surface area contributed by atoms with Gasteiger partial charge < -0.3 is 16.0 Å². The monoisotopic (exact) mass is 836 g/mol. The summed E-state index contributed by atoms with van der Waals surface area (Å²) in [4.78, 5) is 64.1. The largest absolute Gasteiger partial charge is 0.355 e. The summed E-state index contributed by atoms with van der Waals surface area (Å²) in [7, 11) is -8.79. The molecule has 18 heteroatoms. The van der Waals surface area contributed by atoms with Crippen LogP contribution in [-0.2, 0) is 34.4 Å². The summed E-state index contributed by atoms with van der Waals surface area (Å²) in [5.41, 5.74) is 3.73. The standard InChI is InChI=1S/C38H53ClN6O9S2/c1-21(2)27-11-8-12-28(34(27)41-37(49)43-55(51,52)31-13-10-18-40-36(31)48)23(5)16-17-24(6)30-20-26(39)19-29(22(3)4)35(30)42-38(50)44-56(53,54)33-15-9-14-32(47)45(33)25(7)46/h8,11-12,19-24,31,33H,9-10,13-18H2,1-7H3,(H,40,48)(H2,41,43,49)(H2,42,44,50). The lowest BCUT2D eigenvalue weighted by Crippen LogP contribution is -2.54. The van der Waals surface area contributed by atoms with Crippen LogP contribution in [0.5, 0.6) is 0 Å². The Bertz CT molecular complexity index is 2070. The van der Waals surface area contributed by atoms with Gasteiger partial charge in [0.1, 0.15) is 0 Å². The number of amides is 7. The summed E-state index contributed by atoms with van der Waals surface area (Å²) in [6.07, 6.45) is 1.97. The molecule has 2 aliphatic heterocycles. The van der Waals surface area contributed by atoms with Crippen molar-refractivity contribution < 1.29 is 40.8 Å². The van der Waals surface area contributed by atoms with Gasteiger partial charge in [-0.25, -0.2) is 35.9 Å². The van der Waals surface area contributed by atoms with Crippen molar-refractivity contribution in [3.05, 3.63) is 57.6 Å². The van der Waals surface area contributed by atoms with Crippen molar-refractivity contribution in [3.63, 3.8) is 0 Å². The highest BCUT2D eigenvalue weighted by atomic mass is 35.5.